The van der Waals surface area contributed by atoms with Crippen LogP contribution in [0.15, 0.2) is 24.3 Å². The maximum absolute atomic E-state index is 10.9. The Hall–Kier alpha value is -1.75. The summed E-state index contributed by atoms with van der Waals surface area (Å²) in [4.78, 5) is 13.0. The van der Waals surface area contributed by atoms with Crippen LogP contribution in [0.25, 0.3) is 0 Å². The SMILES string of the molecule is CCOc1ccc(N2CC(N)CC(CC(=O)O)C2)cc1. The van der Waals surface area contributed by atoms with Gasteiger partial charge in [0.15, 0.2) is 0 Å². The number of carboxylic acids is 1. The fourth-order valence-electron chi connectivity index (χ4n) is 2.77. The van der Waals surface area contributed by atoms with Gasteiger partial charge in [0.1, 0.15) is 5.75 Å². The average Bonchev–Trinajstić information content (AvgIpc) is 2.38. The minimum Gasteiger partial charge on any atom is -0.494 e. The van der Waals surface area contributed by atoms with Crippen LogP contribution in [0.4, 0.5) is 5.69 Å². The van der Waals surface area contributed by atoms with Crippen LogP contribution in [0, 0.1) is 5.92 Å². The molecule has 0 bridgehead atoms. The molecule has 3 N–H and O–H groups in total. The number of benzene rings is 1. The molecule has 1 heterocycles. The molecule has 110 valence electrons. The minimum absolute atomic E-state index is 0.0275. The molecular formula is C15H22N2O3. The summed E-state index contributed by atoms with van der Waals surface area (Å²) in [5.74, 6) is 0.207. The lowest BCUT2D eigenvalue weighted by atomic mass is 9.91. The summed E-state index contributed by atoms with van der Waals surface area (Å²) in [6.07, 6.45) is 0.959. The van der Waals surface area contributed by atoms with Crippen LogP contribution < -0.4 is 15.4 Å². The second kappa shape index (κ2) is 6.61. The topological polar surface area (TPSA) is 75.8 Å². The molecule has 2 rings (SSSR count). The lowest BCUT2D eigenvalue weighted by Crippen LogP contribution is -2.47. The molecule has 1 aliphatic rings. The number of rotatable bonds is 5. The van der Waals surface area contributed by atoms with Crippen LogP contribution in [0.2, 0.25) is 0 Å². The van der Waals surface area contributed by atoms with Gasteiger partial charge in [-0.05, 0) is 43.5 Å². The molecule has 0 amide bonds. The first kappa shape index (κ1) is 14.7. The van der Waals surface area contributed by atoms with Crippen molar-refractivity contribution in [1.29, 1.82) is 0 Å². The third-order valence-corrected chi connectivity index (χ3v) is 3.55. The zero-order valence-electron chi connectivity index (χ0n) is 11.8. The van der Waals surface area contributed by atoms with E-state index in [-0.39, 0.29) is 18.4 Å². The lowest BCUT2D eigenvalue weighted by molar-refractivity contribution is -0.138. The molecule has 5 heteroatoms. The van der Waals surface area contributed by atoms with E-state index in [4.69, 9.17) is 15.6 Å². The smallest absolute Gasteiger partial charge is 0.303 e. The summed E-state index contributed by atoms with van der Waals surface area (Å²) >= 11 is 0. The first-order valence-electron chi connectivity index (χ1n) is 7.03. The molecule has 0 spiro atoms. The van der Waals surface area contributed by atoms with Crippen molar-refractivity contribution in [3.8, 4) is 5.75 Å². The molecule has 2 unspecified atom stereocenters. The van der Waals surface area contributed by atoms with Crippen molar-refractivity contribution in [1.82, 2.24) is 0 Å². The number of aliphatic carboxylic acids is 1. The molecule has 0 saturated carbocycles. The van der Waals surface area contributed by atoms with E-state index in [2.05, 4.69) is 4.90 Å². The Balaban J connectivity index is 2.04. The van der Waals surface area contributed by atoms with Crippen molar-refractivity contribution in [2.45, 2.75) is 25.8 Å². The van der Waals surface area contributed by atoms with Gasteiger partial charge in [0.05, 0.1) is 6.61 Å². The summed E-state index contributed by atoms with van der Waals surface area (Å²) in [6, 6.07) is 7.90. The van der Waals surface area contributed by atoms with Gasteiger partial charge in [0, 0.05) is 31.2 Å². The van der Waals surface area contributed by atoms with Crippen molar-refractivity contribution in [2.75, 3.05) is 24.6 Å². The molecule has 5 nitrogen and oxygen atoms in total. The second-order valence-electron chi connectivity index (χ2n) is 5.29. The van der Waals surface area contributed by atoms with E-state index in [0.29, 0.717) is 6.61 Å². The number of hydrogen-bond acceptors (Lipinski definition) is 4. The van der Waals surface area contributed by atoms with Crippen molar-refractivity contribution in [3.05, 3.63) is 24.3 Å². The molecule has 0 aliphatic carbocycles. The molecule has 1 aromatic carbocycles. The Kier molecular flexibility index (Phi) is 4.84. The molecular weight excluding hydrogens is 256 g/mol. The monoisotopic (exact) mass is 278 g/mol. The van der Waals surface area contributed by atoms with Crippen LogP contribution >= 0.6 is 0 Å². The van der Waals surface area contributed by atoms with E-state index in [1.807, 2.05) is 31.2 Å². The highest BCUT2D eigenvalue weighted by Crippen LogP contribution is 2.26. The zero-order valence-corrected chi connectivity index (χ0v) is 11.8. The Morgan fingerprint density at radius 2 is 2.10 bits per heavy atom. The second-order valence-corrected chi connectivity index (χ2v) is 5.29. The maximum atomic E-state index is 10.9. The van der Waals surface area contributed by atoms with E-state index in [9.17, 15) is 4.79 Å². The lowest BCUT2D eigenvalue weighted by Gasteiger charge is -2.37. The largest absolute Gasteiger partial charge is 0.494 e. The third kappa shape index (κ3) is 3.87. The van der Waals surface area contributed by atoms with Gasteiger partial charge in [-0.15, -0.1) is 0 Å². The van der Waals surface area contributed by atoms with Gasteiger partial charge < -0.3 is 20.5 Å². The summed E-state index contributed by atoms with van der Waals surface area (Å²) < 4.78 is 5.42. The first-order chi connectivity index (χ1) is 9.58. The number of anilines is 1. The van der Waals surface area contributed by atoms with Gasteiger partial charge in [-0.25, -0.2) is 0 Å². The van der Waals surface area contributed by atoms with Gasteiger partial charge in [-0.2, -0.15) is 0 Å². The summed E-state index contributed by atoms with van der Waals surface area (Å²) in [6.45, 7) is 4.11. The van der Waals surface area contributed by atoms with E-state index in [0.717, 1.165) is 30.9 Å². The number of carbonyl (C=O) groups is 1. The van der Waals surface area contributed by atoms with Gasteiger partial charge in [-0.1, -0.05) is 0 Å². The van der Waals surface area contributed by atoms with Gasteiger partial charge in [-0.3, -0.25) is 4.79 Å². The van der Waals surface area contributed by atoms with E-state index < -0.39 is 5.97 Å². The highest BCUT2D eigenvalue weighted by Gasteiger charge is 2.26. The molecule has 1 fully saturated rings. The first-order valence-corrected chi connectivity index (χ1v) is 7.03. The van der Waals surface area contributed by atoms with Crippen molar-refractivity contribution >= 4 is 11.7 Å². The normalized spacial score (nSPS) is 22.6. The zero-order chi connectivity index (χ0) is 14.5. The predicted octanol–water partition coefficient (Wildman–Crippen LogP) is 1.71. The standard InChI is InChI=1S/C15H22N2O3/c1-2-20-14-5-3-13(4-6-14)17-9-11(8-15(18)19)7-12(16)10-17/h3-6,11-12H,2,7-10,16H2,1H3,(H,18,19). The van der Waals surface area contributed by atoms with Crippen LogP contribution in [0.1, 0.15) is 19.8 Å². The summed E-state index contributed by atoms with van der Waals surface area (Å²) in [5, 5.41) is 8.93. The summed E-state index contributed by atoms with van der Waals surface area (Å²) in [7, 11) is 0. The van der Waals surface area contributed by atoms with Gasteiger partial charge >= 0.3 is 5.97 Å². The Bertz CT molecular complexity index is 447. The number of piperidine rings is 1. The number of hydrogen-bond donors (Lipinski definition) is 2. The molecule has 1 aliphatic heterocycles. The molecule has 0 radical (unpaired) electrons. The predicted molar refractivity (Wildman–Crippen MR) is 78.2 cm³/mol. The highest BCUT2D eigenvalue weighted by molar-refractivity contribution is 5.67. The minimum atomic E-state index is -0.754. The molecule has 1 saturated heterocycles. The Morgan fingerprint density at radius 3 is 2.70 bits per heavy atom. The number of nitrogens with two attached hydrogens (primary N) is 1. The van der Waals surface area contributed by atoms with E-state index in [1.165, 1.54) is 0 Å². The number of nitrogens with zero attached hydrogens (tertiary/aromatic N) is 1. The Labute approximate surface area is 119 Å². The van der Waals surface area contributed by atoms with Crippen molar-refractivity contribution in [2.24, 2.45) is 11.7 Å². The van der Waals surface area contributed by atoms with Crippen LogP contribution in [0.5, 0.6) is 5.75 Å². The summed E-state index contributed by atoms with van der Waals surface area (Å²) in [5.41, 5.74) is 7.12. The third-order valence-electron chi connectivity index (χ3n) is 3.55. The number of carboxylic acid groups (broad SMARTS) is 1. The maximum Gasteiger partial charge on any atom is 0.303 e. The quantitative estimate of drug-likeness (QED) is 0.857. The van der Waals surface area contributed by atoms with Gasteiger partial charge in [0.25, 0.3) is 0 Å². The molecule has 0 aromatic heterocycles. The fourth-order valence-corrected chi connectivity index (χ4v) is 2.77. The van der Waals surface area contributed by atoms with Crippen LogP contribution in [0.3, 0.4) is 0 Å². The molecule has 1 aromatic rings. The van der Waals surface area contributed by atoms with Gasteiger partial charge in [0.2, 0.25) is 0 Å². The Morgan fingerprint density at radius 1 is 1.40 bits per heavy atom. The fraction of sp³-hybridized carbons (Fsp3) is 0.533. The van der Waals surface area contributed by atoms with Crippen molar-refractivity contribution < 1.29 is 14.6 Å². The van der Waals surface area contributed by atoms with Crippen LogP contribution in [-0.2, 0) is 4.79 Å². The molecule has 2 atom stereocenters. The molecule has 20 heavy (non-hydrogen) atoms. The van der Waals surface area contributed by atoms with E-state index in [1.54, 1.807) is 0 Å². The highest BCUT2D eigenvalue weighted by atomic mass is 16.5. The average molecular weight is 278 g/mol. The van der Waals surface area contributed by atoms with Crippen LogP contribution in [-0.4, -0.2) is 36.8 Å². The number of ether oxygens (including phenoxy) is 1. The van der Waals surface area contributed by atoms with Crippen molar-refractivity contribution in [3.63, 3.8) is 0 Å². The van der Waals surface area contributed by atoms with E-state index >= 15 is 0 Å².